The number of rotatable bonds is 8. The van der Waals surface area contributed by atoms with E-state index in [0.717, 1.165) is 25.9 Å². The van der Waals surface area contributed by atoms with Crippen molar-refractivity contribution in [3.8, 4) is 11.5 Å². The van der Waals surface area contributed by atoms with E-state index in [1.165, 1.54) is 0 Å². The number of hydrogen-bond acceptors (Lipinski definition) is 4. The largest absolute Gasteiger partial charge is 0.461 e. The normalized spacial score (nSPS) is 11.4. The maximum Gasteiger partial charge on any atom is 0.276 e. The summed E-state index contributed by atoms with van der Waals surface area (Å²) in [5, 5.41) is 3.92. The average molecular weight is 318 g/mol. The zero-order chi connectivity index (χ0) is 16.8. The maximum atomic E-state index is 12.7. The van der Waals surface area contributed by atoms with Crippen LogP contribution < -0.4 is 0 Å². The van der Waals surface area contributed by atoms with Crippen molar-refractivity contribution >= 4 is 5.91 Å². The fraction of sp³-hybridized carbons (Fsp3) is 0.556. The SMILES string of the molecule is CC(C)CCN(CCC(C)C)C(=O)c1cc(-c2ccco2)on1. The smallest absolute Gasteiger partial charge is 0.276 e. The van der Waals surface area contributed by atoms with Crippen molar-refractivity contribution in [1.82, 2.24) is 10.1 Å². The van der Waals surface area contributed by atoms with Gasteiger partial charge < -0.3 is 13.8 Å². The summed E-state index contributed by atoms with van der Waals surface area (Å²) in [4.78, 5) is 14.6. The summed E-state index contributed by atoms with van der Waals surface area (Å²) in [5.41, 5.74) is 0.337. The van der Waals surface area contributed by atoms with Crippen LogP contribution in [0, 0.1) is 11.8 Å². The van der Waals surface area contributed by atoms with Crippen LogP contribution in [0.5, 0.6) is 0 Å². The first-order chi connectivity index (χ1) is 11.0. The second-order valence-electron chi connectivity index (χ2n) is 6.71. The summed E-state index contributed by atoms with van der Waals surface area (Å²) in [6, 6.07) is 5.21. The molecule has 0 aliphatic rings. The number of furan rings is 1. The van der Waals surface area contributed by atoms with Gasteiger partial charge in [0, 0.05) is 19.2 Å². The molecule has 0 radical (unpaired) electrons. The number of carbonyl (C=O) groups excluding carboxylic acids is 1. The molecule has 23 heavy (non-hydrogen) atoms. The molecule has 0 atom stereocenters. The fourth-order valence-electron chi connectivity index (χ4n) is 2.22. The van der Waals surface area contributed by atoms with Gasteiger partial charge in [-0.2, -0.15) is 0 Å². The molecule has 0 aliphatic heterocycles. The number of hydrogen-bond donors (Lipinski definition) is 0. The number of carbonyl (C=O) groups is 1. The average Bonchev–Trinajstić information content (AvgIpc) is 3.17. The van der Waals surface area contributed by atoms with Crippen molar-refractivity contribution in [3.63, 3.8) is 0 Å². The number of amides is 1. The number of aromatic nitrogens is 1. The van der Waals surface area contributed by atoms with Gasteiger partial charge >= 0.3 is 0 Å². The third kappa shape index (κ3) is 4.98. The molecule has 0 unspecified atom stereocenters. The minimum Gasteiger partial charge on any atom is -0.461 e. The monoisotopic (exact) mass is 318 g/mol. The van der Waals surface area contributed by atoms with Gasteiger partial charge in [0.15, 0.2) is 11.5 Å². The van der Waals surface area contributed by atoms with E-state index in [0.29, 0.717) is 29.1 Å². The van der Waals surface area contributed by atoms with Crippen molar-refractivity contribution in [2.75, 3.05) is 13.1 Å². The van der Waals surface area contributed by atoms with Gasteiger partial charge in [0.1, 0.15) is 0 Å². The second kappa shape index (κ2) is 7.99. The van der Waals surface area contributed by atoms with Gasteiger partial charge in [0.25, 0.3) is 5.91 Å². The van der Waals surface area contributed by atoms with E-state index in [2.05, 4.69) is 32.9 Å². The van der Waals surface area contributed by atoms with Crippen molar-refractivity contribution in [2.45, 2.75) is 40.5 Å². The van der Waals surface area contributed by atoms with Crippen LogP contribution in [0.2, 0.25) is 0 Å². The van der Waals surface area contributed by atoms with Gasteiger partial charge in [-0.1, -0.05) is 32.9 Å². The van der Waals surface area contributed by atoms with Crippen LogP contribution in [0.4, 0.5) is 0 Å². The van der Waals surface area contributed by atoms with Crippen LogP contribution in [0.1, 0.15) is 51.0 Å². The highest BCUT2D eigenvalue weighted by Crippen LogP contribution is 2.21. The molecule has 0 saturated carbocycles. The van der Waals surface area contributed by atoms with Gasteiger partial charge in [-0.25, -0.2) is 0 Å². The van der Waals surface area contributed by atoms with E-state index in [1.54, 1.807) is 24.5 Å². The number of nitrogens with zero attached hydrogens (tertiary/aromatic N) is 2. The first kappa shape index (κ1) is 17.3. The molecule has 126 valence electrons. The third-order valence-electron chi connectivity index (χ3n) is 3.73. The molecule has 2 aromatic heterocycles. The van der Waals surface area contributed by atoms with Crippen LogP contribution in [-0.2, 0) is 0 Å². The first-order valence-electron chi connectivity index (χ1n) is 8.27. The van der Waals surface area contributed by atoms with Gasteiger partial charge in [0.2, 0.25) is 5.76 Å². The highest BCUT2D eigenvalue weighted by atomic mass is 16.5. The van der Waals surface area contributed by atoms with Crippen LogP contribution >= 0.6 is 0 Å². The van der Waals surface area contributed by atoms with Gasteiger partial charge in [-0.05, 0) is 36.8 Å². The Kier molecular flexibility index (Phi) is 6.02. The Morgan fingerprint density at radius 3 is 2.30 bits per heavy atom. The standard InChI is InChI=1S/C18H26N2O3/c1-13(2)7-9-20(10-8-14(3)4)18(21)15-12-17(23-19-15)16-6-5-11-22-16/h5-6,11-14H,7-10H2,1-4H3. The molecule has 1 amide bonds. The van der Waals surface area contributed by atoms with E-state index in [-0.39, 0.29) is 5.91 Å². The fourth-order valence-corrected chi connectivity index (χ4v) is 2.22. The lowest BCUT2D eigenvalue weighted by Crippen LogP contribution is -2.34. The molecule has 0 N–H and O–H groups in total. The summed E-state index contributed by atoms with van der Waals surface area (Å²) in [7, 11) is 0. The minimum atomic E-state index is -0.0761. The third-order valence-corrected chi connectivity index (χ3v) is 3.73. The Labute approximate surface area is 137 Å². The summed E-state index contributed by atoms with van der Waals surface area (Å²) in [6.45, 7) is 10.1. The van der Waals surface area contributed by atoms with E-state index in [4.69, 9.17) is 8.94 Å². The molecule has 0 bridgehead atoms. The van der Waals surface area contributed by atoms with Gasteiger partial charge in [0.05, 0.1) is 6.26 Å². The van der Waals surface area contributed by atoms with Crippen molar-refractivity contribution in [3.05, 3.63) is 30.2 Å². The molecule has 0 aromatic carbocycles. The van der Waals surface area contributed by atoms with E-state index in [1.807, 2.05) is 4.90 Å². The Bertz CT molecular complexity index is 588. The topological polar surface area (TPSA) is 59.5 Å². The lowest BCUT2D eigenvalue weighted by atomic mass is 10.1. The van der Waals surface area contributed by atoms with Crippen LogP contribution in [0.15, 0.2) is 33.4 Å². The van der Waals surface area contributed by atoms with Gasteiger partial charge in [-0.3, -0.25) is 4.79 Å². The van der Waals surface area contributed by atoms with Crippen LogP contribution in [-0.4, -0.2) is 29.1 Å². The van der Waals surface area contributed by atoms with E-state index >= 15 is 0 Å². The predicted molar refractivity (Wildman–Crippen MR) is 89.0 cm³/mol. The highest BCUT2D eigenvalue weighted by molar-refractivity contribution is 5.93. The Morgan fingerprint density at radius 2 is 1.78 bits per heavy atom. The maximum absolute atomic E-state index is 12.7. The van der Waals surface area contributed by atoms with E-state index in [9.17, 15) is 4.79 Å². The molecule has 5 heteroatoms. The Morgan fingerprint density at radius 1 is 1.13 bits per heavy atom. The van der Waals surface area contributed by atoms with Crippen molar-refractivity contribution in [2.24, 2.45) is 11.8 Å². The molecular formula is C18H26N2O3. The van der Waals surface area contributed by atoms with E-state index < -0.39 is 0 Å². The second-order valence-corrected chi connectivity index (χ2v) is 6.71. The minimum absolute atomic E-state index is 0.0761. The molecule has 2 heterocycles. The van der Waals surface area contributed by atoms with Gasteiger partial charge in [-0.15, -0.1) is 0 Å². The molecule has 2 rings (SSSR count). The first-order valence-corrected chi connectivity index (χ1v) is 8.27. The Balaban J connectivity index is 2.09. The lowest BCUT2D eigenvalue weighted by Gasteiger charge is -2.23. The van der Waals surface area contributed by atoms with Crippen molar-refractivity contribution in [1.29, 1.82) is 0 Å². The molecule has 5 nitrogen and oxygen atoms in total. The zero-order valence-corrected chi connectivity index (χ0v) is 14.4. The molecule has 0 fully saturated rings. The summed E-state index contributed by atoms with van der Waals surface area (Å²) in [5.74, 6) is 2.09. The van der Waals surface area contributed by atoms with Crippen LogP contribution in [0.3, 0.4) is 0 Å². The quantitative estimate of drug-likeness (QED) is 0.720. The summed E-state index contributed by atoms with van der Waals surface area (Å²) < 4.78 is 10.5. The molecule has 0 spiro atoms. The molecule has 0 saturated heterocycles. The molecule has 2 aromatic rings. The summed E-state index contributed by atoms with van der Waals surface area (Å²) in [6.07, 6.45) is 3.52. The highest BCUT2D eigenvalue weighted by Gasteiger charge is 2.21. The Hall–Kier alpha value is -2.04. The molecular weight excluding hydrogens is 292 g/mol. The zero-order valence-electron chi connectivity index (χ0n) is 14.4. The summed E-state index contributed by atoms with van der Waals surface area (Å²) >= 11 is 0. The molecule has 0 aliphatic carbocycles. The predicted octanol–water partition coefficient (Wildman–Crippen LogP) is 4.47. The van der Waals surface area contributed by atoms with Crippen LogP contribution in [0.25, 0.3) is 11.5 Å². The lowest BCUT2D eigenvalue weighted by molar-refractivity contribution is 0.0730. The van der Waals surface area contributed by atoms with Crippen molar-refractivity contribution < 1.29 is 13.7 Å².